The van der Waals surface area contributed by atoms with Crippen molar-refractivity contribution in [3.63, 3.8) is 0 Å². The van der Waals surface area contributed by atoms with Crippen LogP contribution in [0.3, 0.4) is 0 Å². The van der Waals surface area contributed by atoms with Crippen molar-refractivity contribution in [1.29, 1.82) is 0 Å². The van der Waals surface area contributed by atoms with Crippen molar-refractivity contribution in [2.24, 2.45) is 0 Å². The van der Waals surface area contributed by atoms with Crippen LogP contribution in [0.1, 0.15) is 55.0 Å². The van der Waals surface area contributed by atoms with E-state index in [1.54, 1.807) is 11.3 Å². The SMILES string of the molecule is Cc1sc2nc(SCC(=O)NC3CC3)n(C3CCCC3)c(=O)c2c1C. The first-order valence-corrected chi connectivity index (χ1v) is 10.8. The average molecular weight is 378 g/mol. The summed E-state index contributed by atoms with van der Waals surface area (Å²) in [6.45, 7) is 4.04. The second-order valence-electron chi connectivity index (χ2n) is 7.10. The highest BCUT2D eigenvalue weighted by atomic mass is 32.2. The normalized spacial score (nSPS) is 18.2. The Morgan fingerprint density at radius 3 is 2.68 bits per heavy atom. The van der Waals surface area contributed by atoms with Gasteiger partial charge in [-0.05, 0) is 45.1 Å². The Labute approximate surface area is 155 Å². The minimum absolute atomic E-state index is 0.0401. The number of nitrogens with zero attached hydrogens (tertiary/aromatic N) is 2. The molecule has 2 aliphatic rings. The molecule has 5 nitrogen and oxygen atoms in total. The summed E-state index contributed by atoms with van der Waals surface area (Å²) in [5.74, 6) is 0.364. The van der Waals surface area contributed by atoms with Gasteiger partial charge in [0.1, 0.15) is 4.83 Å². The Balaban J connectivity index is 1.71. The summed E-state index contributed by atoms with van der Waals surface area (Å²) in [5, 5.41) is 4.48. The lowest BCUT2D eigenvalue weighted by Crippen LogP contribution is -2.29. The van der Waals surface area contributed by atoms with Gasteiger partial charge in [0.05, 0.1) is 11.1 Å². The smallest absolute Gasteiger partial charge is 0.263 e. The lowest BCUT2D eigenvalue weighted by molar-refractivity contribution is -0.118. The first-order chi connectivity index (χ1) is 12.0. The highest BCUT2D eigenvalue weighted by Gasteiger charge is 2.26. The highest BCUT2D eigenvalue weighted by Crippen LogP contribution is 2.34. The molecule has 2 heterocycles. The molecule has 1 N–H and O–H groups in total. The molecule has 0 saturated heterocycles. The van der Waals surface area contributed by atoms with Gasteiger partial charge in [-0.15, -0.1) is 11.3 Å². The summed E-state index contributed by atoms with van der Waals surface area (Å²) in [6.07, 6.45) is 6.53. The Morgan fingerprint density at radius 1 is 1.28 bits per heavy atom. The van der Waals surface area contributed by atoms with Gasteiger partial charge >= 0.3 is 0 Å². The largest absolute Gasteiger partial charge is 0.353 e. The number of carbonyl (C=O) groups is 1. The summed E-state index contributed by atoms with van der Waals surface area (Å²) in [4.78, 5) is 32.0. The van der Waals surface area contributed by atoms with E-state index in [0.29, 0.717) is 17.0 Å². The van der Waals surface area contributed by atoms with Crippen molar-refractivity contribution in [2.45, 2.75) is 69.6 Å². The van der Waals surface area contributed by atoms with E-state index in [1.807, 2.05) is 18.4 Å². The Kier molecular flexibility index (Phi) is 4.62. The third kappa shape index (κ3) is 3.36. The third-order valence-electron chi connectivity index (χ3n) is 5.17. The predicted octanol–water partition coefficient (Wildman–Crippen LogP) is 3.56. The molecular weight excluding hydrogens is 354 g/mol. The molecule has 4 rings (SSSR count). The molecule has 0 spiro atoms. The molecular formula is C18H23N3O2S2. The molecule has 2 aromatic heterocycles. The average Bonchev–Trinajstić information content (AvgIpc) is 3.12. The van der Waals surface area contributed by atoms with Crippen LogP contribution >= 0.6 is 23.1 Å². The number of rotatable bonds is 5. The number of hydrogen-bond acceptors (Lipinski definition) is 5. The number of thiophene rings is 1. The van der Waals surface area contributed by atoms with Crippen LogP contribution in [0, 0.1) is 13.8 Å². The summed E-state index contributed by atoms with van der Waals surface area (Å²) in [5.41, 5.74) is 1.12. The van der Waals surface area contributed by atoms with Crippen LogP contribution in [-0.2, 0) is 4.79 Å². The van der Waals surface area contributed by atoms with Crippen LogP contribution < -0.4 is 10.9 Å². The molecule has 1 amide bonds. The van der Waals surface area contributed by atoms with E-state index in [2.05, 4.69) is 5.32 Å². The predicted molar refractivity (Wildman–Crippen MR) is 103 cm³/mol. The second-order valence-corrected chi connectivity index (χ2v) is 9.25. The van der Waals surface area contributed by atoms with Gasteiger partial charge in [-0.2, -0.15) is 0 Å². The molecule has 25 heavy (non-hydrogen) atoms. The number of aromatic nitrogens is 2. The van der Waals surface area contributed by atoms with Gasteiger partial charge in [0.2, 0.25) is 5.91 Å². The zero-order valence-electron chi connectivity index (χ0n) is 14.6. The van der Waals surface area contributed by atoms with Crippen molar-refractivity contribution in [3.05, 3.63) is 20.8 Å². The number of carbonyl (C=O) groups excluding carboxylic acids is 1. The van der Waals surface area contributed by atoms with E-state index in [0.717, 1.165) is 59.2 Å². The van der Waals surface area contributed by atoms with Gasteiger partial charge in [0.15, 0.2) is 5.16 Å². The second kappa shape index (κ2) is 6.76. The van der Waals surface area contributed by atoms with Crippen LogP contribution in [-0.4, -0.2) is 27.3 Å². The fourth-order valence-corrected chi connectivity index (χ4v) is 5.45. The minimum atomic E-state index is 0.0401. The summed E-state index contributed by atoms with van der Waals surface area (Å²) in [7, 11) is 0. The lowest BCUT2D eigenvalue weighted by Gasteiger charge is -2.18. The lowest BCUT2D eigenvalue weighted by atomic mass is 10.2. The number of nitrogens with one attached hydrogen (secondary N) is 1. The molecule has 0 bridgehead atoms. The van der Waals surface area contributed by atoms with E-state index < -0.39 is 0 Å². The minimum Gasteiger partial charge on any atom is -0.353 e. The molecule has 0 aliphatic heterocycles. The number of hydrogen-bond donors (Lipinski definition) is 1. The first kappa shape index (κ1) is 17.1. The van der Waals surface area contributed by atoms with Gasteiger partial charge in [-0.25, -0.2) is 4.98 Å². The molecule has 7 heteroatoms. The van der Waals surface area contributed by atoms with E-state index in [-0.39, 0.29) is 17.5 Å². The molecule has 134 valence electrons. The van der Waals surface area contributed by atoms with Crippen LogP contribution in [0.4, 0.5) is 0 Å². The molecule has 0 radical (unpaired) electrons. The van der Waals surface area contributed by atoms with Gasteiger partial charge in [-0.1, -0.05) is 24.6 Å². The van der Waals surface area contributed by atoms with Gasteiger partial charge in [0.25, 0.3) is 5.56 Å². The molecule has 2 aliphatic carbocycles. The number of amides is 1. The topological polar surface area (TPSA) is 64.0 Å². The maximum absolute atomic E-state index is 13.2. The molecule has 0 aromatic carbocycles. The standard InChI is InChI=1S/C18H23N3O2S2/c1-10-11(2)25-16-15(10)17(23)21(13-5-3-4-6-13)18(20-16)24-9-14(22)19-12-7-8-12/h12-13H,3-9H2,1-2H3,(H,19,22). The van der Waals surface area contributed by atoms with Crippen molar-refractivity contribution < 1.29 is 4.79 Å². The Morgan fingerprint density at radius 2 is 2.00 bits per heavy atom. The summed E-state index contributed by atoms with van der Waals surface area (Å²) < 4.78 is 1.88. The maximum atomic E-state index is 13.2. The van der Waals surface area contributed by atoms with Crippen LogP contribution in [0.5, 0.6) is 0 Å². The molecule has 0 unspecified atom stereocenters. The Hall–Kier alpha value is -1.34. The van der Waals surface area contributed by atoms with Crippen molar-refractivity contribution in [3.8, 4) is 0 Å². The van der Waals surface area contributed by atoms with E-state index in [1.165, 1.54) is 11.8 Å². The summed E-state index contributed by atoms with van der Waals surface area (Å²) >= 11 is 2.98. The van der Waals surface area contributed by atoms with Crippen LogP contribution in [0.25, 0.3) is 10.2 Å². The molecule has 2 fully saturated rings. The van der Waals surface area contributed by atoms with Gasteiger partial charge in [0, 0.05) is 17.0 Å². The van der Waals surface area contributed by atoms with E-state index in [4.69, 9.17) is 4.98 Å². The highest BCUT2D eigenvalue weighted by molar-refractivity contribution is 7.99. The van der Waals surface area contributed by atoms with Crippen molar-refractivity contribution in [1.82, 2.24) is 14.9 Å². The zero-order chi connectivity index (χ0) is 17.6. The fourth-order valence-electron chi connectivity index (χ4n) is 3.50. The monoisotopic (exact) mass is 377 g/mol. The van der Waals surface area contributed by atoms with Crippen molar-refractivity contribution >= 4 is 39.2 Å². The van der Waals surface area contributed by atoms with Crippen molar-refractivity contribution in [2.75, 3.05) is 5.75 Å². The Bertz CT molecular complexity index is 877. The van der Waals surface area contributed by atoms with Crippen LogP contribution in [0.2, 0.25) is 0 Å². The van der Waals surface area contributed by atoms with Crippen LogP contribution in [0.15, 0.2) is 9.95 Å². The molecule has 2 aromatic rings. The summed E-state index contributed by atoms with van der Waals surface area (Å²) in [6, 6.07) is 0.584. The van der Waals surface area contributed by atoms with E-state index >= 15 is 0 Å². The number of fused-ring (bicyclic) bond motifs is 1. The zero-order valence-corrected chi connectivity index (χ0v) is 16.3. The van der Waals surface area contributed by atoms with E-state index in [9.17, 15) is 9.59 Å². The number of thioether (sulfide) groups is 1. The first-order valence-electron chi connectivity index (χ1n) is 8.99. The maximum Gasteiger partial charge on any atom is 0.263 e. The molecule has 0 atom stereocenters. The third-order valence-corrected chi connectivity index (χ3v) is 7.22. The van der Waals surface area contributed by atoms with Gasteiger partial charge < -0.3 is 5.32 Å². The fraction of sp³-hybridized carbons (Fsp3) is 0.611. The van der Waals surface area contributed by atoms with Gasteiger partial charge in [-0.3, -0.25) is 14.2 Å². The molecule has 2 saturated carbocycles. The number of aryl methyl sites for hydroxylation is 2. The quantitative estimate of drug-likeness (QED) is 0.639.